The van der Waals surface area contributed by atoms with Gasteiger partial charge in [-0.25, -0.2) is 9.50 Å². The molecule has 150 valence electrons. The van der Waals surface area contributed by atoms with Gasteiger partial charge in [0.15, 0.2) is 11.3 Å². The Morgan fingerprint density at radius 2 is 1.86 bits per heavy atom. The van der Waals surface area contributed by atoms with E-state index in [2.05, 4.69) is 20.5 Å². The van der Waals surface area contributed by atoms with Gasteiger partial charge in [0.05, 0.1) is 11.7 Å². The smallest absolute Gasteiger partial charge is 0.349 e. The first-order valence-electron chi connectivity index (χ1n) is 8.74. The molecule has 0 spiro atoms. The Hall–Kier alpha value is -2.91. The van der Waals surface area contributed by atoms with Gasteiger partial charge in [-0.3, -0.25) is 9.48 Å². The van der Waals surface area contributed by atoms with Gasteiger partial charge in [0.2, 0.25) is 0 Å². The van der Waals surface area contributed by atoms with Crippen LogP contribution in [0, 0.1) is 27.7 Å². The van der Waals surface area contributed by atoms with Crippen molar-refractivity contribution in [1.29, 1.82) is 0 Å². The van der Waals surface area contributed by atoms with Crippen LogP contribution in [0.5, 0.6) is 0 Å². The Bertz CT molecular complexity index is 1050. The number of carbonyl (C=O) groups is 1. The minimum atomic E-state index is -4.60. The summed E-state index contributed by atoms with van der Waals surface area (Å²) in [5, 5.41) is 11.0. The molecule has 28 heavy (non-hydrogen) atoms. The minimum absolute atomic E-state index is 0.0281. The number of nitrogens with zero attached hydrogens (tertiary/aromatic N) is 5. The number of amides is 1. The van der Waals surface area contributed by atoms with Crippen LogP contribution in [0.3, 0.4) is 0 Å². The van der Waals surface area contributed by atoms with Gasteiger partial charge >= 0.3 is 6.18 Å². The van der Waals surface area contributed by atoms with E-state index in [0.717, 1.165) is 23.0 Å². The second-order valence-corrected chi connectivity index (χ2v) is 6.88. The normalized spacial score (nSPS) is 13.1. The van der Waals surface area contributed by atoms with Crippen molar-refractivity contribution in [3.63, 3.8) is 0 Å². The summed E-state index contributed by atoms with van der Waals surface area (Å²) in [6, 6.07) is 2.02. The van der Waals surface area contributed by atoms with Crippen LogP contribution in [0.15, 0.2) is 12.1 Å². The van der Waals surface area contributed by atoms with Crippen LogP contribution in [0.4, 0.5) is 13.2 Å². The first-order valence-corrected chi connectivity index (χ1v) is 8.74. The molecular weight excluding hydrogens is 373 g/mol. The van der Waals surface area contributed by atoms with Crippen LogP contribution in [-0.2, 0) is 6.18 Å². The molecule has 0 fully saturated rings. The molecule has 1 atom stereocenters. The maximum atomic E-state index is 13.2. The average Bonchev–Trinajstić information content (AvgIpc) is 3.14. The zero-order chi connectivity index (χ0) is 20.8. The van der Waals surface area contributed by atoms with E-state index in [1.165, 1.54) is 13.0 Å². The highest BCUT2D eigenvalue weighted by atomic mass is 19.4. The predicted octanol–water partition coefficient (Wildman–Crippen LogP) is 3.17. The van der Waals surface area contributed by atoms with E-state index in [0.29, 0.717) is 4.52 Å². The number of alkyl halides is 3. The molecule has 0 radical (unpaired) electrons. The molecule has 0 saturated carbocycles. The minimum Gasteiger partial charge on any atom is -0.349 e. The van der Waals surface area contributed by atoms with Gasteiger partial charge in [0.1, 0.15) is 5.69 Å². The molecule has 0 aliphatic rings. The van der Waals surface area contributed by atoms with Crippen molar-refractivity contribution in [2.45, 2.75) is 46.8 Å². The Morgan fingerprint density at radius 3 is 2.43 bits per heavy atom. The number of hydrogen-bond acceptors (Lipinski definition) is 4. The lowest BCUT2D eigenvalue weighted by molar-refractivity contribution is -0.142. The Labute approximate surface area is 159 Å². The van der Waals surface area contributed by atoms with Gasteiger partial charge in [-0.05, 0) is 46.2 Å². The van der Waals surface area contributed by atoms with Gasteiger partial charge in [-0.1, -0.05) is 0 Å². The number of hydrogen-bond donors (Lipinski definition) is 1. The lowest BCUT2D eigenvalue weighted by Crippen LogP contribution is -2.30. The lowest BCUT2D eigenvalue weighted by Gasteiger charge is -2.15. The Kier molecular flexibility index (Phi) is 4.90. The fourth-order valence-corrected chi connectivity index (χ4v) is 3.00. The van der Waals surface area contributed by atoms with Crippen LogP contribution in [-0.4, -0.2) is 36.8 Å². The van der Waals surface area contributed by atoms with Crippen LogP contribution in [0.25, 0.3) is 5.65 Å². The van der Waals surface area contributed by atoms with Crippen LogP contribution >= 0.6 is 0 Å². The summed E-state index contributed by atoms with van der Waals surface area (Å²) >= 11 is 0. The highest BCUT2D eigenvalue weighted by Crippen LogP contribution is 2.29. The summed E-state index contributed by atoms with van der Waals surface area (Å²) in [6.45, 7) is 9.45. The summed E-state index contributed by atoms with van der Waals surface area (Å²) in [5.74, 6) is -0.568. The monoisotopic (exact) mass is 394 g/mol. The SMILES string of the molecule is Cc1cc(C(F)(F)F)n2nc(C(=O)NC[C@@H](C)n3nc(C)c(C)c3C)cc2n1. The third-order valence-electron chi connectivity index (χ3n) is 4.74. The number of aryl methyl sites for hydroxylation is 2. The molecule has 3 aromatic heterocycles. The molecule has 3 heterocycles. The quantitative estimate of drug-likeness (QED) is 0.737. The van der Waals surface area contributed by atoms with E-state index in [4.69, 9.17) is 0 Å². The molecule has 1 amide bonds. The van der Waals surface area contributed by atoms with Crippen molar-refractivity contribution >= 4 is 11.6 Å². The molecule has 0 aliphatic carbocycles. The van der Waals surface area contributed by atoms with Crippen LogP contribution < -0.4 is 5.32 Å². The molecule has 1 N–H and O–H groups in total. The zero-order valence-corrected chi connectivity index (χ0v) is 16.2. The number of carbonyl (C=O) groups excluding carboxylic acids is 1. The number of fused-ring (bicyclic) bond motifs is 1. The molecule has 0 unspecified atom stereocenters. The van der Waals surface area contributed by atoms with Gasteiger partial charge in [0, 0.05) is 24.0 Å². The largest absolute Gasteiger partial charge is 0.433 e. The number of rotatable bonds is 4. The molecular formula is C18H21F3N6O. The van der Waals surface area contributed by atoms with E-state index >= 15 is 0 Å². The summed E-state index contributed by atoms with van der Waals surface area (Å²) < 4.78 is 42.1. The first kappa shape index (κ1) is 19.8. The third-order valence-corrected chi connectivity index (χ3v) is 4.74. The maximum Gasteiger partial charge on any atom is 0.433 e. The van der Waals surface area contributed by atoms with Gasteiger partial charge < -0.3 is 5.32 Å². The van der Waals surface area contributed by atoms with Gasteiger partial charge in [0.25, 0.3) is 5.91 Å². The molecule has 3 rings (SSSR count). The third kappa shape index (κ3) is 3.58. The molecule has 0 aliphatic heterocycles. The van der Waals surface area contributed by atoms with E-state index in [9.17, 15) is 18.0 Å². The van der Waals surface area contributed by atoms with E-state index < -0.39 is 17.8 Å². The fraction of sp³-hybridized carbons (Fsp3) is 0.444. The van der Waals surface area contributed by atoms with Crippen LogP contribution in [0.2, 0.25) is 0 Å². The average molecular weight is 394 g/mol. The van der Waals surface area contributed by atoms with Crippen molar-refractivity contribution in [1.82, 2.24) is 29.7 Å². The highest BCUT2D eigenvalue weighted by molar-refractivity contribution is 5.93. The summed E-state index contributed by atoms with van der Waals surface area (Å²) in [5.41, 5.74) is 2.07. The molecule has 0 saturated heterocycles. The molecule has 10 heteroatoms. The standard InChI is InChI=1S/C18H21F3N6O/c1-9-6-15(18(19,20)21)27-16(23-9)7-14(25-27)17(28)22-8-10(2)26-13(5)11(3)12(4)24-26/h6-7,10H,8H2,1-5H3,(H,22,28)/t10-/m1/s1. The van der Waals surface area contributed by atoms with Crippen molar-refractivity contribution in [2.24, 2.45) is 0 Å². The lowest BCUT2D eigenvalue weighted by atomic mass is 10.2. The highest BCUT2D eigenvalue weighted by Gasteiger charge is 2.35. The summed E-state index contributed by atoms with van der Waals surface area (Å²) in [7, 11) is 0. The molecule has 3 aromatic rings. The van der Waals surface area contributed by atoms with Crippen molar-refractivity contribution in [3.8, 4) is 0 Å². The van der Waals surface area contributed by atoms with E-state index in [-0.39, 0.29) is 29.6 Å². The first-order chi connectivity index (χ1) is 13.0. The van der Waals surface area contributed by atoms with Gasteiger partial charge in [-0.2, -0.15) is 23.4 Å². The molecule has 0 bridgehead atoms. The van der Waals surface area contributed by atoms with E-state index in [1.807, 2.05) is 32.4 Å². The molecule has 0 aromatic carbocycles. The van der Waals surface area contributed by atoms with E-state index in [1.54, 1.807) is 0 Å². The fourth-order valence-electron chi connectivity index (χ4n) is 3.00. The second kappa shape index (κ2) is 6.92. The van der Waals surface area contributed by atoms with Crippen molar-refractivity contribution in [2.75, 3.05) is 6.54 Å². The molecule has 7 nitrogen and oxygen atoms in total. The van der Waals surface area contributed by atoms with Gasteiger partial charge in [-0.15, -0.1) is 0 Å². The van der Waals surface area contributed by atoms with Crippen LogP contribution in [0.1, 0.15) is 51.8 Å². The summed E-state index contributed by atoms with van der Waals surface area (Å²) in [4.78, 5) is 16.5. The number of halogens is 3. The zero-order valence-electron chi connectivity index (χ0n) is 16.2. The second-order valence-electron chi connectivity index (χ2n) is 6.88. The number of nitrogens with one attached hydrogen (secondary N) is 1. The van der Waals surface area contributed by atoms with Crippen molar-refractivity contribution < 1.29 is 18.0 Å². The Balaban J connectivity index is 1.81. The van der Waals surface area contributed by atoms with Crippen molar-refractivity contribution in [3.05, 3.63) is 46.2 Å². The maximum absolute atomic E-state index is 13.2. The number of aromatic nitrogens is 5. The Morgan fingerprint density at radius 1 is 1.18 bits per heavy atom. The predicted molar refractivity (Wildman–Crippen MR) is 96.2 cm³/mol. The topological polar surface area (TPSA) is 77.1 Å². The summed E-state index contributed by atoms with van der Waals surface area (Å²) in [6.07, 6.45) is -4.60.